The molecule has 0 aliphatic carbocycles. The van der Waals surface area contributed by atoms with Crippen LogP contribution in [0.15, 0.2) is 279 Å². The number of nitrogens with zero attached hydrogens (tertiary/aromatic N) is 2. The first-order chi connectivity index (χ1) is 33.2. The van der Waals surface area contributed by atoms with Gasteiger partial charge in [0, 0.05) is 33.5 Å². The third-order valence-electron chi connectivity index (χ3n) is 13.5. The Morgan fingerprint density at radius 2 is 0.776 bits per heavy atom. The van der Waals surface area contributed by atoms with E-state index in [0.717, 1.165) is 22.7 Å². The van der Waals surface area contributed by atoms with Gasteiger partial charge in [-0.15, -0.1) is 0 Å². The number of fused-ring (bicyclic) bond motifs is 4. The van der Waals surface area contributed by atoms with E-state index < -0.39 is 8.07 Å². The van der Waals surface area contributed by atoms with Crippen LogP contribution in [-0.4, -0.2) is 12.6 Å². The molecule has 316 valence electrons. The highest BCUT2D eigenvalue weighted by atomic mass is 28.3. The molecular formula is C64H46N2Si. The van der Waals surface area contributed by atoms with Crippen LogP contribution in [0, 0.1) is 0 Å². The van der Waals surface area contributed by atoms with Gasteiger partial charge < -0.3 is 9.47 Å². The average molecular weight is 871 g/mol. The smallest absolute Gasteiger partial charge is 0.179 e. The number of anilines is 3. The van der Waals surface area contributed by atoms with E-state index in [4.69, 9.17) is 0 Å². The molecule has 0 atom stereocenters. The molecule has 0 saturated carbocycles. The quantitative estimate of drug-likeness (QED) is 0.0982. The van der Waals surface area contributed by atoms with Crippen LogP contribution < -0.4 is 25.6 Å². The van der Waals surface area contributed by atoms with E-state index >= 15 is 0 Å². The molecule has 0 saturated heterocycles. The van der Waals surface area contributed by atoms with Gasteiger partial charge in [-0.25, -0.2) is 0 Å². The second-order valence-corrected chi connectivity index (χ2v) is 21.1. The number of benzene rings is 11. The van der Waals surface area contributed by atoms with Crippen molar-refractivity contribution < 1.29 is 0 Å². The van der Waals surface area contributed by atoms with Gasteiger partial charge in [0.1, 0.15) is 0 Å². The monoisotopic (exact) mass is 870 g/mol. The fraction of sp³-hybridized carbons (Fsp3) is 0. The summed E-state index contributed by atoms with van der Waals surface area (Å²) in [5, 5.41) is 10.3. The minimum atomic E-state index is -2.72. The van der Waals surface area contributed by atoms with E-state index in [0.29, 0.717) is 0 Å². The normalized spacial score (nSPS) is 11.6. The highest BCUT2D eigenvalue weighted by Gasteiger charge is 2.41. The van der Waals surface area contributed by atoms with E-state index in [9.17, 15) is 0 Å². The van der Waals surface area contributed by atoms with Gasteiger partial charge in [-0.1, -0.05) is 212 Å². The summed E-state index contributed by atoms with van der Waals surface area (Å²) in [4.78, 5) is 2.42. The molecule has 0 N–H and O–H groups in total. The number of para-hydroxylation sites is 2. The van der Waals surface area contributed by atoms with Crippen LogP contribution in [-0.2, 0) is 0 Å². The highest BCUT2D eigenvalue weighted by Crippen LogP contribution is 2.41. The lowest BCUT2D eigenvalue weighted by molar-refractivity contribution is 1.18. The predicted octanol–water partition coefficient (Wildman–Crippen LogP) is 14.1. The van der Waals surface area contributed by atoms with Crippen molar-refractivity contribution in [3.05, 3.63) is 279 Å². The predicted molar refractivity (Wildman–Crippen MR) is 287 cm³/mol. The Morgan fingerprint density at radius 3 is 1.40 bits per heavy atom. The van der Waals surface area contributed by atoms with E-state index in [-0.39, 0.29) is 0 Å². The lowest BCUT2D eigenvalue weighted by Crippen LogP contribution is -2.74. The average Bonchev–Trinajstić information content (AvgIpc) is 3.75. The second-order valence-electron chi connectivity index (χ2n) is 17.3. The summed E-state index contributed by atoms with van der Waals surface area (Å²) in [7, 11) is -2.72. The number of hydrogen-bond donors (Lipinski definition) is 0. The van der Waals surface area contributed by atoms with Crippen molar-refractivity contribution in [3.63, 3.8) is 0 Å². The lowest BCUT2D eigenvalue weighted by atomic mass is 9.98. The van der Waals surface area contributed by atoms with Gasteiger partial charge in [-0.2, -0.15) is 0 Å². The van der Waals surface area contributed by atoms with Gasteiger partial charge in [0.05, 0.1) is 11.0 Å². The lowest BCUT2D eigenvalue weighted by Gasteiger charge is -2.35. The number of rotatable bonds is 10. The molecule has 0 radical (unpaired) electrons. The van der Waals surface area contributed by atoms with Gasteiger partial charge in [0.15, 0.2) is 8.07 Å². The molecule has 3 heteroatoms. The van der Waals surface area contributed by atoms with Gasteiger partial charge in [0.2, 0.25) is 0 Å². The van der Waals surface area contributed by atoms with E-state index in [1.165, 1.54) is 75.6 Å². The standard InChI is InChI=1S/C64H46N2Si/c1-6-19-47(20-7-1)50-34-33-48-35-40-55(46-51(48)45-50)65(54-41-43-59(44-42-54)67(56-23-10-3-11-24-56,57-25-12-4-13-26-57)58-27-14-5-15-28-58)53-38-36-49(37-39-53)60-30-18-32-63-64(60)61-29-16-17-31-62(61)66(63)52-21-8-2-9-22-52/h1-46H. The molecule has 12 aromatic rings. The number of hydrogen-bond acceptors (Lipinski definition) is 1. The maximum atomic E-state index is 2.42. The summed E-state index contributed by atoms with van der Waals surface area (Å²) < 4.78 is 2.39. The Morgan fingerprint density at radius 1 is 0.299 bits per heavy atom. The van der Waals surface area contributed by atoms with Crippen molar-refractivity contribution in [2.24, 2.45) is 0 Å². The van der Waals surface area contributed by atoms with Gasteiger partial charge in [0.25, 0.3) is 0 Å². The first-order valence-corrected chi connectivity index (χ1v) is 25.1. The van der Waals surface area contributed by atoms with Crippen LogP contribution in [0.2, 0.25) is 0 Å². The Kier molecular flexibility index (Phi) is 10.2. The molecule has 0 unspecified atom stereocenters. The molecule has 11 aromatic carbocycles. The van der Waals surface area contributed by atoms with E-state index in [2.05, 4.69) is 289 Å². The highest BCUT2D eigenvalue weighted by molar-refractivity contribution is 7.19. The van der Waals surface area contributed by atoms with Crippen molar-refractivity contribution in [3.8, 4) is 27.9 Å². The summed E-state index contributed by atoms with van der Waals surface area (Å²) in [6.45, 7) is 0. The Balaban J connectivity index is 1.02. The van der Waals surface area contributed by atoms with Crippen molar-refractivity contribution in [2.45, 2.75) is 0 Å². The third kappa shape index (κ3) is 7.05. The van der Waals surface area contributed by atoms with E-state index in [1.807, 2.05) is 0 Å². The maximum absolute atomic E-state index is 2.72. The van der Waals surface area contributed by atoms with Crippen molar-refractivity contribution >= 4 is 78.5 Å². The topological polar surface area (TPSA) is 8.17 Å². The van der Waals surface area contributed by atoms with Crippen LogP contribution in [0.5, 0.6) is 0 Å². The van der Waals surface area contributed by atoms with Crippen LogP contribution in [0.3, 0.4) is 0 Å². The van der Waals surface area contributed by atoms with Crippen molar-refractivity contribution in [1.82, 2.24) is 4.57 Å². The largest absolute Gasteiger partial charge is 0.310 e. The summed E-state index contributed by atoms with van der Waals surface area (Å²) in [5.41, 5.74) is 11.7. The molecular weight excluding hydrogens is 825 g/mol. The molecule has 0 bridgehead atoms. The van der Waals surface area contributed by atoms with Crippen LogP contribution >= 0.6 is 0 Å². The summed E-state index contributed by atoms with van der Waals surface area (Å²) >= 11 is 0. The molecule has 0 aliphatic heterocycles. The summed E-state index contributed by atoms with van der Waals surface area (Å²) in [6, 6.07) is 103. The van der Waals surface area contributed by atoms with Crippen LogP contribution in [0.4, 0.5) is 17.1 Å². The molecule has 1 aromatic heterocycles. The van der Waals surface area contributed by atoms with Crippen molar-refractivity contribution in [2.75, 3.05) is 4.90 Å². The minimum Gasteiger partial charge on any atom is -0.310 e. The van der Waals surface area contributed by atoms with Crippen LogP contribution in [0.25, 0.3) is 60.5 Å². The Bertz CT molecular complexity index is 3550. The van der Waals surface area contributed by atoms with Gasteiger partial charge in [-0.05, 0) is 121 Å². The molecule has 0 aliphatic rings. The molecule has 12 rings (SSSR count). The zero-order valence-electron chi connectivity index (χ0n) is 37.0. The molecule has 0 spiro atoms. The summed E-state index contributed by atoms with van der Waals surface area (Å²) in [5.74, 6) is 0. The van der Waals surface area contributed by atoms with Gasteiger partial charge in [-0.3, -0.25) is 0 Å². The molecule has 67 heavy (non-hydrogen) atoms. The second kappa shape index (κ2) is 17.1. The van der Waals surface area contributed by atoms with Gasteiger partial charge >= 0.3 is 0 Å². The van der Waals surface area contributed by atoms with Crippen LogP contribution in [0.1, 0.15) is 0 Å². The minimum absolute atomic E-state index is 1.09. The maximum Gasteiger partial charge on any atom is 0.179 e. The Hall–Kier alpha value is -8.50. The fourth-order valence-electron chi connectivity index (χ4n) is 10.5. The number of aromatic nitrogens is 1. The molecule has 2 nitrogen and oxygen atoms in total. The molecule has 1 heterocycles. The zero-order chi connectivity index (χ0) is 44.6. The third-order valence-corrected chi connectivity index (χ3v) is 18.3. The molecule has 0 fully saturated rings. The van der Waals surface area contributed by atoms with Crippen molar-refractivity contribution in [1.29, 1.82) is 0 Å². The first-order valence-electron chi connectivity index (χ1n) is 23.1. The fourth-order valence-corrected chi connectivity index (χ4v) is 15.2. The first kappa shape index (κ1) is 40.0. The SMILES string of the molecule is c1ccc(-c2ccc3ccc(N(c4ccc(-c5cccc6c5c5ccccc5n6-c5ccccc5)cc4)c4ccc([Si](c5ccccc5)(c5ccccc5)c5ccccc5)cc4)cc3c2)cc1. The Labute approximate surface area is 392 Å². The summed E-state index contributed by atoms with van der Waals surface area (Å²) in [6.07, 6.45) is 0. The zero-order valence-corrected chi connectivity index (χ0v) is 38.0. The van der Waals surface area contributed by atoms with E-state index in [1.54, 1.807) is 0 Å². The molecule has 0 amide bonds.